The van der Waals surface area contributed by atoms with Crippen LogP contribution in [-0.4, -0.2) is 28.4 Å². The molecule has 0 fully saturated rings. The number of nitrogens with zero attached hydrogens (tertiary/aromatic N) is 1. The lowest BCUT2D eigenvalue weighted by Crippen LogP contribution is -2.13. The molecule has 23 heavy (non-hydrogen) atoms. The van der Waals surface area contributed by atoms with Crippen LogP contribution in [0.3, 0.4) is 0 Å². The molecule has 0 atom stereocenters. The summed E-state index contributed by atoms with van der Waals surface area (Å²) in [5.41, 5.74) is 3.47. The topological polar surface area (TPSA) is 62.2 Å². The lowest BCUT2D eigenvalue weighted by Gasteiger charge is -2.07. The molecule has 0 bridgehead atoms. The molecule has 0 aliphatic rings. The Labute approximate surface area is 141 Å². The van der Waals surface area contributed by atoms with Crippen molar-refractivity contribution in [2.24, 2.45) is 0 Å². The maximum absolute atomic E-state index is 12.1. The maximum Gasteiger partial charge on any atom is 0.225 e. The summed E-state index contributed by atoms with van der Waals surface area (Å²) in [5, 5.41) is 11.6. The lowest BCUT2D eigenvalue weighted by atomic mass is 10.1. The number of nitrogens with one attached hydrogen (secondary N) is 1. The molecular weight excluding hydrogens is 308 g/mol. The fourth-order valence-electron chi connectivity index (χ4n) is 2.22. The highest BCUT2D eigenvalue weighted by atomic mass is 32.2. The lowest BCUT2D eigenvalue weighted by molar-refractivity contribution is -0.116. The molecule has 1 amide bonds. The second-order valence-corrected chi connectivity index (χ2v) is 6.47. The zero-order valence-electron chi connectivity index (χ0n) is 13.3. The second kappa shape index (κ2) is 9.33. The number of carbonyl (C=O) groups excluding carboxylic acids is 1. The first-order valence-corrected chi connectivity index (χ1v) is 8.82. The highest BCUT2D eigenvalue weighted by Crippen LogP contribution is 2.15. The number of benzene rings is 1. The third-order valence-corrected chi connectivity index (χ3v) is 4.33. The number of rotatable bonds is 8. The zero-order valence-corrected chi connectivity index (χ0v) is 14.1. The molecule has 2 rings (SSSR count). The van der Waals surface area contributed by atoms with E-state index in [1.807, 2.05) is 37.3 Å². The molecule has 0 saturated heterocycles. The van der Waals surface area contributed by atoms with Gasteiger partial charge in [-0.25, -0.2) is 4.98 Å². The molecule has 1 aromatic carbocycles. The highest BCUT2D eigenvalue weighted by Gasteiger charge is 2.05. The van der Waals surface area contributed by atoms with Gasteiger partial charge < -0.3 is 10.4 Å². The van der Waals surface area contributed by atoms with Gasteiger partial charge in [0, 0.05) is 24.1 Å². The molecule has 1 heterocycles. The number of hydrogen-bond acceptors (Lipinski definition) is 4. The van der Waals surface area contributed by atoms with E-state index >= 15 is 0 Å². The van der Waals surface area contributed by atoms with E-state index in [1.165, 1.54) is 11.1 Å². The number of carbonyl (C=O) groups is 1. The van der Waals surface area contributed by atoms with Gasteiger partial charge in [0.25, 0.3) is 0 Å². The molecule has 0 aliphatic heterocycles. The van der Waals surface area contributed by atoms with Gasteiger partial charge >= 0.3 is 0 Å². The molecule has 122 valence electrons. The standard InChI is InChI=1S/C18H22N2O2S/c1-14-3-2-4-15(11-14)5-6-18(22)20-17-12-16(7-8-19-17)13-23-10-9-21/h2-4,7-8,11-12,21H,5-6,9-10,13H2,1H3,(H,19,20,22). The first kappa shape index (κ1) is 17.5. The highest BCUT2D eigenvalue weighted by molar-refractivity contribution is 7.98. The Balaban J connectivity index is 1.83. The minimum atomic E-state index is -0.0285. The van der Waals surface area contributed by atoms with E-state index in [1.54, 1.807) is 18.0 Å². The Morgan fingerprint density at radius 3 is 2.91 bits per heavy atom. The molecular formula is C18H22N2O2S. The van der Waals surface area contributed by atoms with Gasteiger partial charge in [0.2, 0.25) is 5.91 Å². The van der Waals surface area contributed by atoms with Crippen molar-refractivity contribution in [1.82, 2.24) is 4.98 Å². The quantitative estimate of drug-likeness (QED) is 0.730. The minimum Gasteiger partial charge on any atom is -0.396 e. The van der Waals surface area contributed by atoms with Crippen molar-refractivity contribution in [2.45, 2.75) is 25.5 Å². The number of anilines is 1. The van der Waals surface area contributed by atoms with E-state index in [2.05, 4.69) is 16.4 Å². The Morgan fingerprint density at radius 2 is 2.13 bits per heavy atom. The third-order valence-electron chi connectivity index (χ3n) is 3.32. The summed E-state index contributed by atoms with van der Waals surface area (Å²) >= 11 is 1.65. The predicted octanol–water partition coefficient (Wildman–Crippen LogP) is 3.19. The molecule has 0 radical (unpaired) electrons. The molecule has 0 aliphatic carbocycles. The summed E-state index contributed by atoms with van der Waals surface area (Å²) in [4.78, 5) is 16.2. The van der Waals surface area contributed by atoms with E-state index < -0.39 is 0 Å². The summed E-state index contributed by atoms with van der Waals surface area (Å²) < 4.78 is 0. The van der Waals surface area contributed by atoms with Gasteiger partial charge in [0.05, 0.1) is 6.61 Å². The van der Waals surface area contributed by atoms with Gasteiger partial charge in [-0.1, -0.05) is 29.8 Å². The Hall–Kier alpha value is -1.85. The van der Waals surface area contributed by atoms with Gasteiger partial charge in [0.1, 0.15) is 5.82 Å². The summed E-state index contributed by atoms with van der Waals surface area (Å²) in [6, 6.07) is 12.0. The summed E-state index contributed by atoms with van der Waals surface area (Å²) in [6.45, 7) is 2.23. The van der Waals surface area contributed by atoms with E-state index in [9.17, 15) is 4.79 Å². The zero-order chi connectivity index (χ0) is 16.5. The van der Waals surface area contributed by atoms with E-state index in [0.717, 1.165) is 17.7 Å². The predicted molar refractivity (Wildman–Crippen MR) is 95.6 cm³/mol. The van der Waals surface area contributed by atoms with Crippen molar-refractivity contribution in [2.75, 3.05) is 17.7 Å². The second-order valence-electron chi connectivity index (χ2n) is 5.36. The van der Waals surface area contributed by atoms with Crippen LogP contribution >= 0.6 is 11.8 Å². The Kier molecular flexibility index (Phi) is 7.10. The largest absolute Gasteiger partial charge is 0.396 e. The monoisotopic (exact) mass is 330 g/mol. The molecule has 4 nitrogen and oxygen atoms in total. The minimum absolute atomic E-state index is 0.0285. The molecule has 1 aromatic heterocycles. The fraction of sp³-hybridized carbons (Fsp3) is 0.333. The first-order chi connectivity index (χ1) is 11.2. The van der Waals surface area contributed by atoms with Gasteiger partial charge in [-0.2, -0.15) is 11.8 Å². The number of aryl methyl sites for hydroxylation is 2. The van der Waals surface area contributed by atoms with Gasteiger partial charge in [-0.3, -0.25) is 4.79 Å². The number of pyridine rings is 1. The van der Waals surface area contributed by atoms with Gasteiger partial charge in [-0.15, -0.1) is 0 Å². The number of aromatic nitrogens is 1. The van der Waals surface area contributed by atoms with Gasteiger partial charge in [-0.05, 0) is 36.6 Å². The maximum atomic E-state index is 12.1. The fourth-order valence-corrected chi connectivity index (χ4v) is 2.91. The van der Waals surface area contributed by atoms with Crippen molar-refractivity contribution in [3.63, 3.8) is 0 Å². The average molecular weight is 330 g/mol. The smallest absolute Gasteiger partial charge is 0.225 e. The van der Waals surface area contributed by atoms with Crippen LogP contribution in [0.4, 0.5) is 5.82 Å². The average Bonchev–Trinajstić information content (AvgIpc) is 2.54. The van der Waals surface area contributed by atoms with Crippen LogP contribution in [0.25, 0.3) is 0 Å². The van der Waals surface area contributed by atoms with Crippen LogP contribution in [0.5, 0.6) is 0 Å². The number of amides is 1. The van der Waals surface area contributed by atoms with Crippen molar-refractivity contribution in [1.29, 1.82) is 0 Å². The SMILES string of the molecule is Cc1cccc(CCC(=O)Nc2cc(CSCCO)ccn2)c1. The van der Waals surface area contributed by atoms with E-state index in [0.29, 0.717) is 18.0 Å². The first-order valence-electron chi connectivity index (χ1n) is 7.66. The van der Waals surface area contributed by atoms with Crippen molar-refractivity contribution in [3.8, 4) is 0 Å². The third kappa shape index (κ3) is 6.42. The van der Waals surface area contributed by atoms with Crippen LogP contribution in [0.15, 0.2) is 42.6 Å². The van der Waals surface area contributed by atoms with Crippen LogP contribution in [0, 0.1) is 6.92 Å². The van der Waals surface area contributed by atoms with Crippen molar-refractivity contribution >= 4 is 23.5 Å². The van der Waals surface area contributed by atoms with Crippen molar-refractivity contribution < 1.29 is 9.90 Å². The Morgan fingerprint density at radius 1 is 1.26 bits per heavy atom. The number of aliphatic hydroxyl groups excluding tert-OH is 1. The number of hydrogen-bond donors (Lipinski definition) is 2. The van der Waals surface area contributed by atoms with Gasteiger partial charge in [0.15, 0.2) is 0 Å². The number of thioether (sulfide) groups is 1. The molecule has 0 spiro atoms. The molecule has 2 N–H and O–H groups in total. The molecule has 2 aromatic rings. The van der Waals surface area contributed by atoms with Crippen molar-refractivity contribution in [3.05, 3.63) is 59.3 Å². The Bertz CT molecular complexity index is 646. The molecule has 0 saturated carbocycles. The van der Waals surface area contributed by atoms with Crippen LogP contribution < -0.4 is 5.32 Å². The van der Waals surface area contributed by atoms with Crippen LogP contribution in [0.1, 0.15) is 23.1 Å². The van der Waals surface area contributed by atoms with E-state index in [-0.39, 0.29) is 12.5 Å². The normalized spacial score (nSPS) is 10.5. The summed E-state index contributed by atoms with van der Waals surface area (Å²) in [7, 11) is 0. The summed E-state index contributed by atoms with van der Waals surface area (Å²) in [6.07, 6.45) is 2.86. The van der Waals surface area contributed by atoms with Crippen LogP contribution in [-0.2, 0) is 17.0 Å². The molecule has 0 unspecified atom stereocenters. The molecule has 5 heteroatoms. The number of aliphatic hydroxyl groups is 1. The van der Waals surface area contributed by atoms with E-state index in [4.69, 9.17) is 5.11 Å². The summed E-state index contributed by atoms with van der Waals surface area (Å²) in [5.74, 6) is 2.07. The van der Waals surface area contributed by atoms with Crippen LogP contribution in [0.2, 0.25) is 0 Å².